The molecule has 0 aromatic carbocycles. The highest BCUT2D eigenvalue weighted by Crippen LogP contribution is 2.31. The molecule has 27 heavy (non-hydrogen) atoms. The Labute approximate surface area is 169 Å². The van der Waals surface area contributed by atoms with Crippen molar-refractivity contribution in [1.82, 2.24) is 25.3 Å². The van der Waals surface area contributed by atoms with Crippen molar-refractivity contribution in [3.63, 3.8) is 0 Å². The lowest BCUT2D eigenvalue weighted by Gasteiger charge is -2.30. The first kappa shape index (κ1) is 23.1. The van der Waals surface area contributed by atoms with E-state index in [-0.39, 0.29) is 5.54 Å². The number of hydrogen-bond acceptors (Lipinski definition) is 5. The van der Waals surface area contributed by atoms with Crippen molar-refractivity contribution in [3.8, 4) is 0 Å². The molecule has 5 heteroatoms. The standard InChI is InChI=1S/C22H47N5/c1-16(2)23-20-13-26(14-21(20)25(8)9)11-10-19-12-22(7,24-17(3)4)15-27(19)18(5)6/h16-21,23-24H,10-15H2,1-9H3/t19?,20-,21-,22+/m0/s1. The summed E-state index contributed by atoms with van der Waals surface area (Å²) in [6, 6.07) is 3.60. The quantitative estimate of drug-likeness (QED) is 0.640. The molecule has 160 valence electrons. The summed E-state index contributed by atoms with van der Waals surface area (Å²) in [6.45, 7) is 20.9. The van der Waals surface area contributed by atoms with Crippen molar-refractivity contribution < 1.29 is 0 Å². The first-order valence-electron chi connectivity index (χ1n) is 11.2. The number of hydrogen-bond donors (Lipinski definition) is 2. The van der Waals surface area contributed by atoms with Gasteiger partial charge in [-0.25, -0.2) is 0 Å². The number of nitrogens with zero attached hydrogens (tertiary/aromatic N) is 3. The van der Waals surface area contributed by atoms with E-state index in [1.54, 1.807) is 0 Å². The molecule has 2 aliphatic rings. The Morgan fingerprint density at radius 1 is 1.04 bits per heavy atom. The van der Waals surface area contributed by atoms with Crippen LogP contribution < -0.4 is 10.6 Å². The Morgan fingerprint density at radius 2 is 1.70 bits per heavy atom. The monoisotopic (exact) mass is 381 g/mol. The smallest absolute Gasteiger partial charge is 0.0383 e. The lowest BCUT2D eigenvalue weighted by Crippen LogP contribution is -2.48. The molecule has 4 atom stereocenters. The van der Waals surface area contributed by atoms with Gasteiger partial charge < -0.3 is 20.4 Å². The summed E-state index contributed by atoms with van der Waals surface area (Å²) < 4.78 is 0. The molecule has 2 N–H and O–H groups in total. The average Bonchev–Trinajstić information content (AvgIpc) is 3.05. The van der Waals surface area contributed by atoms with E-state index >= 15 is 0 Å². The maximum atomic E-state index is 3.84. The number of likely N-dealkylation sites (tertiary alicyclic amines) is 2. The molecule has 0 radical (unpaired) electrons. The van der Waals surface area contributed by atoms with Crippen LogP contribution in [0, 0.1) is 0 Å². The molecule has 2 fully saturated rings. The van der Waals surface area contributed by atoms with E-state index in [1.165, 1.54) is 39.0 Å². The predicted octanol–water partition coefficient (Wildman–Crippen LogP) is 2.23. The van der Waals surface area contributed by atoms with Crippen molar-refractivity contribution in [2.75, 3.05) is 40.3 Å². The molecule has 0 aromatic rings. The molecule has 1 unspecified atom stereocenters. The first-order valence-corrected chi connectivity index (χ1v) is 11.2. The fraction of sp³-hybridized carbons (Fsp3) is 1.00. The molecular weight excluding hydrogens is 334 g/mol. The van der Waals surface area contributed by atoms with Gasteiger partial charge in [-0.3, -0.25) is 4.90 Å². The zero-order valence-electron chi connectivity index (χ0n) is 19.5. The second kappa shape index (κ2) is 9.53. The number of nitrogens with one attached hydrogen (secondary N) is 2. The second-order valence-corrected chi connectivity index (χ2v) is 10.5. The van der Waals surface area contributed by atoms with E-state index in [1.807, 2.05) is 0 Å². The van der Waals surface area contributed by atoms with Crippen molar-refractivity contribution in [1.29, 1.82) is 0 Å². The van der Waals surface area contributed by atoms with Crippen LogP contribution in [-0.4, -0.2) is 96.8 Å². The molecule has 2 rings (SSSR count). The fourth-order valence-corrected chi connectivity index (χ4v) is 5.40. The van der Waals surface area contributed by atoms with Gasteiger partial charge in [0.25, 0.3) is 0 Å². The normalized spacial score (nSPS) is 33.4. The van der Waals surface area contributed by atoms with E-state index in [2.05, 4.69) is 87.9 Å². The highest BCUT2D eigenvalue weighted by atomic mass is 15.3. The van der Waals surface area contributed by atoms with Gasteiger partial charge in [0.15, 0.2) is 0 Å². The van der Waals surface area contributed by atoms with Gasteiger partial charge in [-0.15, -0.1) is 0 Å². The van der Waals surface area contributed by atoms with Gasteiger partial charge in [0.2, 0.25) is 0 Å². The van der Waals surface area contributed by atoms with Crippen molar-refractivity contribution in [3.05, 3.63) is 0 Å². The van der Waals surface area contributed by atoms with Gasteiger partial charge in [0.05, 0.1) is 0 Å². The maximum Gasteiger partial charge on any atom is 0.0383 e. The minimum absolute atomic E-state index is 0.252. The third-order valence-electron chi connectivity index (χ3n) is 6.34. The Balaban J connectivity index is 1.94. The van der Waals surface area contributed by atoms with Gasteiger partial charge in [-0.05, 0) is 54.3 Å². The van der Waals surface area contributed by atoms with Crippen molar-refractivity contribution in [2.24, 2.45) is 0 Å². The van der Waals surface area contributed by atoms with Crippen molar-refractivity contribution >= 4 is 0 Å². The zero-order chi connectivity index (χ0) is 20.4. The molecule has 0 saturated carbocycles. The highest BCUT2D eigenvalue weighted by molar-refractivity contribution is 5.02. The summed E-state index contributed by atoms with van der Waals surface area (Å²) in [7, 11) is 4.45. The molecular formula is C22H47N5. The lowest BCUT2D eigenvalue weighted by molar-refractivity contribution is 0.171. The summed E-state index contributed by atoms with van der Waals surface area (Å²) in [5.74, 6) is 0. The number of rotatable bonds is 9. The van der Waals surface area contributed by atoms with Crippen LogP contribution in [-0.2, 0) is 0 Å². The van der Waals surface area contributed by atoms with Crippen LogP contribution in [0.2, 0.25) is 0 Å². The van der Waals surface area contributed by atoms with Gasteiger partial charge in [0.1, 0.15) is 0 Å². The largest absolute Gasteiger partial charge is 0.309 e. The fourth-order valence-electron chi connectivity index (χ4n) is 5.40. The topological polar surface area (TPSA) is 33.8 Å². The van der Waals surface area contributed by atoms with Crippen LogP contribution in [0.3, 0.4) is 0 Å². The Kier molecular flexibility index (Phi) is 8.15. The molecule has 2 heterocycles. The average molecular weight is 382 g/mol. The molecule has 2 saturated heterocycles. The third kappa shape index (κ3) is 6.40. The van der Waals surface area contributed by atoms with Gasteiger partial charge >= 0.3 is 0 Å². The van der Waals surface area contributed by atoms with E-state index in [0.29, 0.717) is 36.3 Å². The lowest BCUT2D eigenvalue weighted by atomic mass is 9.96. The van der Waals surface area contributed by atoms with E-state index in [0.717, 1.165) is 0 Å². The van der Waals surface area contributed by atoms with E-state index in [4.69, 9.17) is 0 Å². The van der Waals surface area contributed by atoms with Crippen molar-refractivity contribution in [2.45, 2.75) is 103 Å². The molecule has 2 aliphatic heterocycles. The third-order valence-corrected chi connectivity index (χ3v) is 6.34. The summed E-state index contributed by atoms with van der Waals surface area (Å²) in [5.41, 5.74) is 0.252. The van der Waals surface area contributed by atoms with Crippen LogP contribution in [0.4, 0.5) is 0 Å². The van der Waals surface area contributed by atoms with Crippen LogP contribution in [0.5, 0.6) is 0 Å². The van der Waals surface area contributed by atoms with Crippen LogP contribution in [0.15, 0.2) is 0 Å². The van der Waals surface area contributed by atoms with Crippen LogP contribution in [0.25, 0.3) is 0 Å². The Hall–Kier alpha value is -0.200. The zero-order valence-corrected chi connectivity index (χ0v) is 19.5. The highest BCUT2D eigenvalue weighted by Gasteiger charge is 2.42. The summed E-state index contributed by atoms with van der Waals surface area (Å²) in [6.07, 6.45) is 2.55. The Bertz CT molecular complexity index is 450. The molecule has 0 bridgehead atoms. The molecule has 5 nitrogen and oxygen atoms in total. The van der Waals surface area contributed by atoms with Crippen LogP contribution >= 0.6 is 0 Å². The summed E-state index contributed by atoms with van der Waals surface area (Å²) in [5, 5.41) is 7.63. The molecule has 0 aliphatic carbocycles. The minimum atomic E-state index is 0.252. The van der Waals surface area contributed by atoms with Crippen LogP contribution in [0.1, 0.15) is 61.3 Å². The van der Waals surface area contributed by atoms with Gasteiger partial charge in [0, 0.05) is 61.4 Å². The van der Waals surface area contributed by atoms with E-state index in [9.17, 15) is 0 Å². The molecule has 0 amide bonds. The predicted molar refractivity (Wildman–Crippen MR) is 118 cm³/mol. The van der Waals surface area contributed by atoms with E-state index < -0.39 is 0 Å². The Morgan fingerprint density at radius 3 is 2.22 bits per heavy atom. The maximum absolute atomic E-state index is 3.84. The summed E-state index contributed by atoms with van der Waals surface area (Å²) >= 11 is 0. The SMILES string of the molecule is CC(C)N[C@H]1CN(CCC2C[C@@](C)(NC(C)C)CN2C(C)C)C[C@@H]1N(C)C. The van der Waals surface area contributed by atoms with Gasteiger partial charge in [-0.1, -0.05) is 27.7 Å². The minimum Gasteiger partial charge on any atom is -0.309 e. The molecule has 0 spiro atoms. The first-order chi connectivity index (χ1) is 12.5. The number of likely N-dealkylation sites (N-methyl/N-ethyl adjacent to an activating group) is 1. The summed E-state index contributed by atoms with van der Waals surface area (Å²) in [4.78, 5) is 7.83. The van der Waals surface area contributed by atoms with Gasteiger partial charge in [-0.2, -0.15) is 0 Å². The molecule has 0 aromatic heterocycles. The second-order valence-electron chi connectivity index (χ2n) is 10.5.